The van der Waals surface area contributed by atoms with Crippen molar-refractivity contribution in [3.8, 4) is 5.75 Å². The first kappa shape index (κ1) is 13.1. The number of hydrogen-bond donors (Lipinski definition) is 1. The molecule has 0 saturated carbocycles. The van der Waals surface area contributed by atoms with Gasteiger partial charge < -0.3 is 10.5 Å². The summed E-state index contributed by atoms with van der Waals surface area (Å²) in [5, 5.41) is 0. The van der Waals surface area contributed by atoms with Gasteiger partial charge in [0.1, 0.15) is 5.75 Å². The van der Waals surface area contributed by atoms with E-state index in [0.29, 0.717) is 0 Å². The molecular formula is C15H19NOS. The molecule has 2 rings (SSSR count). The van der Waals surface area contributed by atoms with Crippen molar-refractivity contribution in [3.05, 3.63) is 50.7 Å². The highest BCUT2D eigenvalue weighted by Crippen LogP contribution is 2.31. The number of rotatable bonds is 3. The summed E-state index contributed by atoms with van der Waals surface area (Å²) in [4.78, 5) is 2.56. The molecular weight excluding hydrogens is 242 g/mol. The molecule has 18 heavy (non-hydrogen) atoms. The van der Waals surface area contributed by atoms with Crippen molar-refractivity contribution >= 4 is 11.3 Å². The van der Waals surface area contributed by atoms with E-state index >= 15 is 0 Å². The van der Waals surface area contributed by atoms with E-state index in [1.165, 1.54) is 15.3 Å². The fourth-order valence-corrected chi connectivity index (χ4v) is 3.09. The molecule has 0 bridgehead atoms. The Hall–Kier alpha value is -1.32. The summed E-state index contributed by atoms with van der Waals surface area (Å²) in [6, 6.07) is 8.27. The van der Waals surface area contributed by atoms with Gasteiger partial charge in [0, 0.05) is 9.75 Å². The Bertz CT molecular complexity index is 540. The van der Waals surface area contributed by atoms with Crippen molar-refractivity contribution in [2.75, 3.05) is 7.11 Å². The zero-order valence-corrected chi connectivity index (χ0v) is 12.1. The van der Waals surface area contributed by atoms with Gasteiger partial charge in [-0.15, -0.1) is 11.3 Å². The van der Waals surface area contributed by atoms with Crippen LogP contribution in [0.3, 0.4) is 0 Å². The van der Waals surface area contributed by atoms with Crippen LogP contribution in [0.4, 0.5) is 0 Å². The number of ether oxygens (including phenoxy) is 1. The van der Waals surface area contributed by atoms with Gasteiger partial charge in [-0.1, -0.05) is 12.1 Å². The first-order valence-corrected chi connectivity index (χ1v) is 6.81. The van der Waals surface area contributed by atoms with Gasteiger partial charge in [-0.3, -0.25) is 0 Å². The van der Waals surface area contributed by atoms with E-state index in [-0.39, 0.29) is 6.04 Å². The van der Waals surface area contributed by atoms with E-state index in [9.17, 15) is 0 Å². The van der Waals surface area contributed by atoms with Gasteiger partial charge in [0.15, 0.2) is 0 Å². The lowest BCUT2D eigenvalue weighted by Crippen LogP contribution is -2.10. The molecule has 1 aromatic carbocycles. The normalized spacial score (nSPS) is 12.5. The molecule has 2 aromatic rings. The van der Waals surface area contributed by atoms with E-state index in [1.54, 1.807) is 18.4 Å². The van der Waals surface area contributed by atoms with Crippen LogP contribution in [0.5, 0.6) is 5.75 Å². The molecule has 0 aliphatic rings. The number of benzene rings is 1. The quantitative estimate of drug-likeness (QED) is 0.913. The molecule has 0 aliphatic heterocycles. The monoisotopic (exact) mass is 261 g/mol. The lowest BCUT2D eigenvalue weighted by atomic mass is 10.0. The highest BCUT2D eigenvalue weighted by Gasteiger charge is 2.13. The standard InChI is InChI=1S/C15H19NOS/c1-9-8-14(18-11(9)3)15(16)12-5-6-13(17-4)10(2)7-12/h5-8,15H,16H2,1-4H3. The topological polar surface area (TPSA) is 35.2 Å². The molecule has 0 amide bonds. The van der Waals surface area contributed by atoms with Gasteiger partial charge in [-0.05, 0) is 49.6 Å². The summed E-state index contributed by atoms with van der Waals surface area (Å²) >= 11 is 1.78. The van der Waals surface area contributed by atoms with Crippen molar-refractivity contribution in [3.63, 3.8) is 0 Å². The minimum absolute atomic E-state index is 0.0491. The first-order valence-electron chi connectivity index (χ1n) is 6.00. The van der Waals surface area contributed by atoms with Crippen LogP contribution < -0.4 is 10.5 Å². The van der Waals surface area contributed by atoms with E-state index < -0.39 is 0 Å². The van der Waals surface area contributed by atoms with Crippen molar-refractivity contribution in [2.24, 2.45) is 5.73 Å². The fourth-order valence-electron chi connectivity index (χ4n) is 2.01. The van der Waals surface area contributed by atoms with Crippen molar-refractivity contribution < 1.29 is 4.74 Å². The zero-order valence-electron chi connectivity index (χ0n) is 11.3. The molecule has 0 aliphatic carbocycles. The van der Waals surface area contributed by atoms with E-state index in [1.807, 2.05) is 19.1 Å². The number of thiophene rings is 1. The summed E-state index contributed by atoms with van der Waals surface area (Å²) in [7, 11) is 1.69. The molecule has 0 fully saturated rings. The molecule has 1 atom stereocenters. The third-order valence-electron chi connectivity index (χ3n) is 3.27. The predicted octanol–water partition coefficient (Wildman–Crippen LogP) is 3.73. The maximum atomic E-state index is 6.33. The highest BCUT2D eigenvalue weighted by atomic mass is 32.1. The van der Waals surface area contributed by atoms with Crippen LogP contribution in [0, 0.1) is 20.8 Å². The summed E-state index contributed by atoms with van der Waals surface area (Å²) in [6.45, 7) is 6.30. The number of hydrogen-bond acceptors (Lipinski definition) is 3. The van der Waals surface area contributed by atoms with Crippen molar-refractivity contribution in [1.29, 1.82) is 0 Å². The van der Waals surface area contributed by atoms with Gasteiger partial charge >= 0.3 is 0 Å². The average Bonchev–Trinajstić information content (AvgIpc) is 2.68. The molecule has 0 spiro atoms. The van der Waals surface area contributed by atoms with E-state index in [4.69, 9.17) is 10.5 Å². The summed E-state index contributed by atoms with van der Waals surface area (Å²) < 4.78 is 5.27. The fraction of sp³-hybridized carbons (Fsp3) is 0.333. The zero-order chi connectivity index (χ0) is 13.3. The van der Waals surface area contributed by atoms with Crippen LogP contribution in [0.2, 0.25) is 0 Å². The van der Waals surface area contributed by atoms with Crippen LogP contribution in [-0.4, -0.2) is 7.11 Å². The molecule has 96 valence electrons. The third kappa shape index (κ3) is 2.42. The van der Waals surface area contributed by atoms with E-state index in [0.717, 1.165) is 16.9 Å². The number of methoxy groups -OCH3 is 1. The molecule has 2 nitrogen and oxygen atoms in total. The van der Waals surface area contributed by atoms with Crippen LogP contribution in [0.1, 0.15) is 32.5 Å². The molecule has 1 aromatic heterocycles. The Morgan fingerprint density at radius 2 is 1.83 bits per heavy atom. The van der Waals surface area contributed by atoms with Gasteiger partial charge in [-0.25, -0.2) is 0 Å². The van der Waals surface area contributed by atoms with Gasteiger partial charge in [0.25, 0.3) is 0 Å². The molecule has 3 heteroatoms. The summed E-state index contributed by atoms with van der Waals surface area (Å²) in [6.07, 6.45) is 0. The summed E-state index contributed by atoms with van der Waals surface area (Å²) in [5.74, 6) is 0.907. The Balaban J connectivity index is 2.33. The SMILES string of the molecule is COc1ccc(C(N)c2cc(C)c(C)s2)cc1C. The maximum Gasteiger partial charge on any atom is 0.121 e. The molecule has 1 unspecified atom stereocenters. The smallest absolute Gasteiger partial charge is 0.121 e. The van der Waals surface area contributed by atoms with Crippen LogP contribution in [0.15, 0.2) is 24.3 Å². The van der Waals surface area contributed by atoms with E-state index in [2.05, 4.69) is 26.0 Å². The maximum absolute atomic E-state index is 6.33. The number of aryl methyl sites for hydroxylation is 3. The Kier molecular flexibility index (Phi) is 3.73. The molecule has 2 N–H and O–H groups in total. The second-order valence-electron chi connectivity index (χ2n) is 4.59. The molecule has 0 saturated heterocycles. The van der Waals surface area contributed by atoms with Crippen LogP contribution >= 0.6 is 11.3 Å². The average molecular weight is 261 g/mol. The minimum atomic E-state index is -0.0491. The Morgan fingerprint density at radius 1 is 1.11 bits per heavy atom. The van der Waals surface area contributed by atoms with Crippen molar-refractivity contribution in [1.82, 2.24) is 0 Å². The largest absolute Gasteiger partial charge is 0.496 e. The van der Waals surface area contributed by atoms with Gasteiger partial charge in [0.05, 0.1) is 13.2 Å². The lowest BCUT2D eigenvalue weighted by molar-refractivity contribution is 0.411. The van der Waals surface area contributed by atoms with Gasteiger partial charge in [-0.2, -0.15) is 0 Å². The highest BCUT2D eigenvalue weighted by molar-refractivity contribution is 7.12. The first-order chi connectivity index (χ1) is 8.52. The van der Waals surface area contributed by atoms with Crippen LogP contribution in [-0.2, 0) is 0 Å². The Morgan fingerprint density at radius 3 is 2.33 bits per heavy atom. The second kappa shape index (κ2) is 5.12. The second-order valence-corrected chi connectivity index (χ2v) is 5.88. The van der Waals surface area contributed by atoms with Gasteiger partial charge in [0.2, 0.25) is 0 Å². The van der Waals surface area contributed by atoms with Crippen molar-refractivity contribution in [2.45, 2.75) is 26.8 Å². The number of nitrogens with two attached hydrogens (primary N) is 1. The minimum Gasteiger partial charge on any atom is -0.496 e. The molecule has 0 radical (unpaired) electrons. The third-order valence-corrected chi connectivity index (χ3v) is 4.51. The Labute approximate surface area is 112 Å². The molecule has 1 heterocycles. The summed E-state index contributed by atoms with van der Waals surface area (Å²) in [5.41, 5.74) is 9.90. The van der Waals surface area contributed by atoms with Crippen LogP contribution in [0.25, 0.3) is 0 Å². The lowest BCUT2D eigenvalue weighted by Gasteiger charge is -2.12. The predicted molar refractivity (Wildman–Crippen MR) is 77.6 cm³/mol.